The fourth-order valence-corrected chi connectivity index (χ4v) is 5.61. The van der Waals surface area contributed by atoms with E-state index in [-0.39, 0.29) is 6.17 Å². The van der Waals surface area contributed by atoms with Gasteiger partial charge in [0.1, 0.15) is 6.17 Å². The maximum atomic E-state index is 5.16. The summed E-state index contributed by atoms with van der Waals surface area (Å²) in [7, 11) is 2.12. The molecule has 5 aromatic rings. The van der Waals surface area contributed by atoms with Gasteiger partial charge in [-0.3, -0.25) is 4.90 Å². The Morgan fingerprint density at radius 3 is 1.92 bits per heavy atom. The zero-order chi connectivity index (χ0) is 24.8. The van der Waals surface area contributed by atoms with Crippen LogP contribution in [0, 0.1) is 13.8 Å². The molecule has 1 aliphatic heterocycles. The van der Waals surface area contributed by atoms with E-state index in [1.165, 1.54) is 33.6 Å². The molecule has 0 spiro atoms. The smallest absolute Gasteiger partial charge is 0.212 e. The van der Waals surface area contributed by atoms with Crippen LogP contribution >= 0.6 is 0 Å². The van der Waals surface area contributed by atoms with Crippen LogP contribution in [0.4, 0.5) is 11.6 Å². The van der Waals surface area contributed by atoms with E-state index in [4.69, 9.17) is 4.98 Å². The summed E-state index contributed by atoms with van der Waals surface area (Å²) >= 11 is 0. The van der Waals surface area contributed by atoms with Crippen LogP contribution in [-0.4, -0.2) is 9.55 Å². The van der Waals surface area contributed by atoms with Crippen LogP contribution in [-0.2, 0) is 7.05 Å². The van der Waals surface area contributed by atoms with Crippen LogP contribution in [0.25, 0.3) is 16.7 Å². The van der Waals surface area contributed by atoms with Gasteiger partial charge < -0.3 is 9.47 Å². The molecule has 0 radical (unpaired) electrons. The first kappa shape index (κ1) is 22.2. The third kappa shape index (κ3) is 3.41. The van der Waals surface area contributed by atoms with Crippen LogP contribution in [0.1, 0.15) is 35.3 Å². The quantitative estimate of drug-likeness (QED) is 0.270. The molecule has 0 N–H and O–H groups in total. The fraction of sp³-hybridized carbons (Fsp3) is 0.156. The molecular formula is C32H30N4. The monoisotopic (exact) mass is 470 g/mol. The second kappa shape index (κ2) is 8.72. The van der Waals surface area contributed by atoms with Crippen molar-refractivity contribution in [1.29, 1.82) is 0 Å². The topological polar surface area (TPSA) is 24.3 Å². The van der Waals surface area contributed by atoms with Gasteiger partial charge in [0, 0.05) is 24.0 Å². The fourth-order valence-electron chi connectivity index (χ4n) is 5.61. The van der Waals surface area contributed by atoms with Crippen molar-refractivity contribution in [2.75, 3.05) is 9.80 Å². The second-order valence-electron chi connectivity index (χ2n) is 9.51. The van der Waals surface area contributed by atoms with Crippen molar-refractivity contribution >= 4 is 28.4 Å². The Hall–Kier alpha value is -4.31. The summed E-state index contributed by atoms with van der Waals surface area (Å²) in [6.07, 6.45) is -0.0840. The largest absolute Gasteiger partial charge is 0.314 e. The van der Waals surface area contributed by atoms with Gasteiger partial charge in [0.25, 0.3) is 0 Å². The molecule has 0 saturated heterocycles. The number of fused-ring (bicyclic) bond motifs is 1. The maximum Gasteiger partial charge on any atom is 0.212 e. The molecule has 6 rings (SSSR count). The van der Waals surface area contributed by atoms with Crippen LogP contribution in [0.2, 0.25) is 0 Å². The van der Waals surface area contributed by atoms with Crippen LogP contribution < -0.4 is 9.80 Å². The molecule has 4 heteroatoms. The van der Waals surface area contributed by atoms with Crippen LogP contribution in [0.15, 0.2) is 109 Å². The van der Waals surface area contributed by atoms with Gasteiger partial charge >= 0.3 is 0 Å². The highest BCUT2D eigenvalue weighted by atomic mass is 15.5. The van der Waals surface area contributed by atoms with Crippen molar-refractivity contribution in [3.63, 3.8) is 0 Å². The van der Waals surface area contributed by atoms with Gasteiger partial charge in [0.2, 0.25) is 5.95 Å². The van der Waals surface area contributed by atoms with Crippen molar-refractivity contribution in [3.8, 4) is 0 Å². The summed E-state index contributed by atoms with van der Waals surface area (Å²) in [4.78, 5) is 10.1. The standard InChI is InChI=1S/C32H30N4/c1-22-14-13-15-23(2)29(22)31-35(32-33-27-20-11-12-21-28(27)34(32)4)24(3)30(25-16-7-5-8-17-25)36(31)26-18-9-6-10-19-26/h5-21,31H,1-4H3. The summed E-state index contributed by atoms with van der Waals surface area (Å²) in [5, 5.41) is 0. The molecule has 1 atom stereocenters. The number of nitrogens with zero attached hydrogens (tertiary/aromatic N) is 4. The molecule has 0 amide bonds. The van der Waals surface area contributed by atoms with E-state index >= 15 is 0 Å². The molecule has 0 fully saturated rings. The zero-order valence-corrected chi connectivity index (χ0v) is 21.2. The molecule has 4 nitrogen and oxygen atoms in total. The number of benzene rings is 4. The summed E-state index contributed by atoms with van der Waals surface area (Å²) in [6, 6.07) is 36.4. The number of para-hydroxylation sites is 3. The molecular weight excluding hydrogens is 440 g/mol. The normalized spacial score (nSPS) is 15.8. The van der Waals surface area contributed by atoms with Crippen molar-refractivity contribution in [1.82, 2.24) is 9.55 Å². The predicted molar refractivity (Wildman–Crippen MR) is 150 cm³/mol. The number of aryl methyl sites for hydroxylation is 3. The van der Waals surface area contributed by atoms with Gasteiger partial charge in [-0.15, -0.1) is 0 Å². The summed E-state index contributed by atoms with van der Waals surface area (Å²) in [6.45, 7) is 6.66. The van der Waals surface area contributed by atoms with Gasteiger partial charge in [-0.25, -0.2) is 4.98 Å². The predicted octanol–water partition coefficient (Wildman–Crippen LogP) is 7.60. The third-order valence-corrected chi connectivity index (χ3v) is 7.30. The van der Waals surface area contributed by atoms with Gasteiger partial charge in [0.05, 0.1) is 16.7 Å². The Labute approximate surface area is 212 Å². The number of imidazole rings is 1. The lowest BCUT2D eigenvalue weighted by Gasteiger charge is -2.36. The first-order valence-corrected chi connectivity index (χ1v) is 12.4. The minimum absolute atomic E-state index is 0.0840. The molecule has 178 valence electrons. The van der Waals surface area contributed by atoms with Crippen molar-refractivity contribution < 1.29 is 0 Å². The number of rotatable bonds is 4. The van der Waals surface area contributed by atoms with E-state index in [9.17, 15) is 0 Å². The molecule has 36 heavy (non-hydrogen) atoms. The minimum atomic E-state index is -0.0840. The molecule has 1 aliphatic rings. The van der Waals surface area contributed by atoms with Crippen LogP contribution in [0.3, 0.4) is 0 Å². The Bertz CT molecular complexity index is 1560. The molecule has 0 bridgehead atoms. The van der Waals surface area contributed by atoms with E-state index in [2.05, 4.69) is 145 Å². The first-order chi connectivity index (χ1) is 17.6. The molecule has 0 aliphatic carbocycles. The lowest BCUT2D eigenvalue weighted by Crippen LogP contribution is -2.35. The molecule has 0 saturated carbocycles. The second-order valence-corrected chi connectivity index (χ2v) is 9.51. The summed E-state index contributed by atoms with van der Waals surface area (Å²) < 4.78 is 2.22. The van der Waals surface area contributed by atoms with Gasteiger partial charge in [0.15, 0.2) is 0 Å². The summed E-state index contributed by atoms with van der Waals surface area (Å²) in [5.41, 5.74) is 10.7. The maximum absolute atomic E-state index is 5.16. The highest BCUT2D eigenvalue weighted by Gasteiger charge is 2.42. The van der Waals surface area contributed by atoms with E-state index in [1.54, 1.807) is 0 Å². The molecule has 1 unspecified atom stereocenters. The van der Waals surface area contributed by atoms with Crippen molar-refractivity contribution in [2.45, 2.75) is 26.9 Å². The lowest BCUT2D eigenvalue weighted by atomic mass is 9.98. The lowest BCUT2D eigenvalue weighted by molar-refractivity contribution is 0.685. The van der Waals surface area contributed by atoms with Crippen LogP contribution in [0.5, 0.6) is 0 Å². The Kier molecular flexibility index (Phi) is 5.37. The molecule has 4 aromatic carbocycles. The Balaban J connectivity index is 1.69. The average molecular weight is 471 g/mol. The minimum Gasteiger partial charge on any atom is -0.314 e. The SMILES string of the molecule is CC1=C(c2ccccc2)N(c2ccccc2)C(c2c(C)cccc2C)N1c1nc2ccccc2n1C. The molecule has 1 aromatic heterocycles. The van der Waals surface area contributed by atoms with E-state index in [1.807, 2.05) is 0 Å². The van der Waals surface area contributed by atoms with E-state index in [0.717, 1.165) is 22.7 Å². The van der Waals surface area contributed by atoms with Gasteiger partial charge in [-0.1, -0.05) is 78.9 Å². The van der Waals surface area contributed by atoms with E-state index in [0.29, 0.717) is 0 Å². The van der Waals surface area contributed by atoms with Crippen molar-refractivity contribution in [3.05, 3.63) is 131 Å². The Morgan fingerprint density at radius 1 is 0.639 bits per heavy atom. The zero-order valence-electron chi connectivity index (χ0n) is 21.2. The number of allylic oxidation sites excluding steroid dienone is 1. The first-order valence-electron chi connectivity index (χ1n) is 12.4. The molecule has 2 heterocycles. The Morgan fingerprint density at radius 2 is 1.25 bits per heavy atom. The van der Waals surface area contributed by atoms with Crippen molar-refractivity contribution in [2.24, 2.45) is 7.05 Å². The highest BCUT2D eigenvalue weighted by Crippen LogP contribution is 2.49. The number of hydrogen-bond acceptors (Lipinski definition) is 3. The van der Waals surface area contributed by atoms with E-state index < -0.39 is 0 Å². The number of anilines is 2. The van der Waals surface area contributed by atoms with Gasteiger partial charge in [-0.05, 0) is 61.7 Å². The third-order valence-electron chi connectivity index (χ3n) is 7.30. The highest BCUT2D eigenvalue weighted by molar-refractivity contribution is 5.90. The number of aromatic nitrogens is 2. The number of hydrogen-bond donors (Lipinski definition) is 0. The average Bonchev–Trinajstić information content (AvgIpc) is 3.38. The summed E-state index contributed by atoms with van der Waals surface area (Å²) in [5.74, 6) is 0.938. The van der Waals surface area contributed by atoms with Gasteiger partial charge in [-0.2, -0.15) is 0 Å².